The van der Waals surface area contributed by atoms with Crippen LogP contribution >= 0.6 is 0 Å². The van der Waals surface area contributed by atoms with Crippen molar-refractivity contribution in [2.75, 3.05) is 0 Å². The highest BCUT2D eigenvalue weighted by molar-refractivity contribution is 7.82. The molecule has 25 heavy (non-hydrogen) atoms. The Kier molecular flexibility index (Phi) is 4.87. The third kappa shape index (κ3) is 4.40. The molecule has 0 bridgehead atoms. The van der Waals surface area contributed by atoms with E-state index in [-0.39, 0.29) is 35.8 Å². The number of hydrogen-bond donors (Lipinski definition) is 0. The predicted molar refractivity (Wildman–Crippen MR) is 66.2 cm³/mol. The van der Waals surface area contributed by atoms with Crippen molar-refractivity contribution in [2.24, 2.45) is 0 Å². The van der Waals surface area contributed by atoms with E-state index in [9.17, 15) is 37.2 Å². The Morgan fingerprint density at radius 3 is 1.24 bits per heavy atom. The highest BCUT2D eigenvalue weighted by Gasteiger charge is 2.37. The van der Waals surface area contributed by atoms with Gasteiger partial charge in [0.15, 0.2) is 0 Å². The standard InChI is InChI=1S/C10H8N2O12S/c13-5-1-2-6(14)11(5)21-9(17)23-25(19,20)24-10(18)22-12-7(15)3-4-8(12)16/h1-4H2. The van der Waals surface area contributed by atoms with E-state index in [1.54, 1.807) is 0 Å². The van der Waals surface area contributed by atoms with Crippen molar-refractivity contribution < 1.29 is 55.2 Å². The predicted octanol–water partition coefficient (Wildman–Crippen LogP) is -1.33. The molecule has 2 aliphatic heterocycles. The zero-order valence-corrected chi connectivity index (χ0v) is 12.8. The van der Waals surface area contributed by atoms with Gasteiger partial charge in [-0.3, -0.25) is 37.2 Å². The van der Waals surface area contributed by atoms with E-state index < -0.39 is 46.3 Å². The van der Waals surface area contributed by atoms with Crippen LogP contribution in [0.5, 0.6) is 0 Å². The van der Waals surface area contributed by atoms with Crippen LogP contribution in [0.3, 0.4) is 0 Å². The Balaban J connectivity index is 1.88. The first-order chi connectivity index (χ1) is 11.6. The Morgan fingerprint density at radius 2 is 0.960 bits per heavy atom. The normalized spacial score (nSPS) is 17.8. The van der Waals surface area contributed by atoms with Crippen molar-refractivity contribution in [1.82, 2.24) is 10.1 Å². The van der Waals surface area contributed by atoms with Crippen LogP contribution in [0.2, 0.25) is 0 Å². The van der Waals surface area contributed by atoms with Gasteiger partial charge < -0.3 is 0 Å². The maximum Gasteiger partial charge on any atom is 0.552 e. The molecule has 2 saturated heterocycles. The van der Waals surface area contributed by atoms with Gasteiger partial charge >= 0.3 is 22.7 Å². The lowest BCUT2D eigenvalue weighted by molar-refractivity contribution is -0.175. The van der Waals surface area contributed by atoms with E-state index >= 15 is 0 Å². The fourth-order valence-corrected chi connectivity index (χ4v) is 2.11. The molecule has 2 heterocycles. The third-order valence-corrected chi connectivity index (χ3v) is 3.36. The average molecular weight is 380 g/mol. The van der Waals surface area contributed by atoms with Crippen molar-refractivity contribution in [3.63, 3.8) is 0 Å². The zero-order valence-electron chi connectivity index (χ0n) is 12.0. The molecular weight excluding hydrogens is 372 g/mol. The van der Waals surface area contributed by atoms with Crippen molar-refractivity contribution in [2.45, 2.75) is 25.7 Å². The first-order valence-corrected chi connectivity index (χ1v) is 7.72. The third-order valence-electron chi connectivity index (χ3n) is 2.68. The van der Waals surface area contributed by atoms with Crippen molar-refractivity contribution in [1.29, 1.82) is 0 Å². The van der Waals surface area contributed by atoms with Gasteiger partial charge in [-0.05, 0) is 0 Å². The Morgan fingerprint density at radius 1 is 0.680 bits per heavy atom. The first kappa shape index (κ1) is 18.1. The smallest absolute Gasteiger partial charge is 0.294 e. The summed E-state index contributed by atoms with van der Waals surface area (Å²) in [7, 11) is -5.38. The summed E-state index contributed by atoms with van der Waals surface area (Å²) in [5, 5.41) is -0.0323. The quantitative estimate of drug-likeness (QED) is 0.525. The van der Waals surface area contributed by atoms with Gasteiger partial charge in [-0.15, -0.1) is 8.42 Å². The second-order valence-electron chi connectivity index (χ2n) is 4.42. The molecule has 0 aliphatic carbocycles. The Labute approximate surface area is 138 Å². The van der Waals surface area contributed by atoms with Gasteiger partial charge in [0.25, 0.3) is 23.6 Å². The van der Waals surface area contributed by atoms with Crippen LogP contribution < -0.4 is 0 Å². The summed E-state index contributed by atoms with van der Waals surface area (Å²) >= 11 is 0. The maximum absolute atomic E-state index is 11.3. The van der Waals surface area contributed by atoms with Crippen LogP contribution in [0.25, 0.3) is 0 Å². The highest BCUT2D eigenvalue weighted by Crippen LogP contribution is 2.15. The summed E-state index contributed by atoms with van der Waals surface area (Å²) in [5.41, 5.74) is 0. The number of nitrogens with zero attached hydrogens (tertiary/aromatic N) is 2. The molecule has 14 nitrogen and oxygen atoms in total. The van der Waals surface area contributed by atoms with Crippen LogP contribution in [0, 0.1) is 0 Å². The molecule has 0 aromatic carbocycles. The van der Waals surface area contributed by atoms with Gasteiger partial charge in [0.1, 0.15) is 0 Å². The number of hydrogen-bond acceptors (Lipinski definition) is 12. The first-order valence-electron chi connectivity index (χ1n) is 6.38. The molecule has 2 fully saturated rings. The SMILES string of the molecule is O=C(ON1C(=O)CCC1=O)OS(=O)(=O)OC(=O)ON1C(=O)CCC1=O. The number of carbonyl (C=O) groups is 6. The van der Waals surface area contributed by atoms with E-state index in [0.717, 1.165) is 0 Å². The fourth-order valence-electron chi connectivity index (χ4n) is 1.68. The van der Waals surface area contributed by atoms with E-state index in [1.807, 2.05) is 0 Å². The summed E-state index contributed by atoms with van der Waals surface area (Å²) in [6.45, 7) is 0. The molecule has 2 aliphatic rings. The monoisotopic (exact) mass is 380 g/mol. The molecule has 0 spiro atoms. The van der Waals surface area contributed by atoms with E-state index in [1.165, 1.54) is 0 Å². The van der Waals surface area contributed by atoms with Crippen LogP contribution in [-0.2, 0) is 47.6 Å². The average Bonchev–Trinajstić information content (AvgIpc) is 2.96. The number of carbonyl (C=O) groups excluding carboxylic acids is 6. The summed E-state index contributed by atoms with van der Waals surface area (Å²) in [6, 6.07) is 0. The maximum atomic E-state index is 11.3. The van der Waals surface area contributed by atoms with Gasteiger partial charge in [0.2, 0.25) is 0 Å². The molecule has 0 radical (unpaired) electrons. The summed E-state index contributed by atoms with van der Waals surface area (Å²) in [4.78, 5) is 75.2. The van der Waals surface area contributed by atoms with Crippen LogP contribution in [0.15, 0.2) is 0 Å². The van der Waals surface area contributed by atoms with Crippen LogP contribution in [0.4, 0.5) is 9.59 Å². The van der Waals surface area contributed by atoms with Gasteiger partial charge in [-0.1, -0.05) is 10.1 Å². The van der Waals surface area contributed by atoms with Gasteiger partial charge in [-0.2, -0.15) is 9.59 Å². The fraction of sp³-hybridized carbons (Fsp3) is 0.400. The van der Waals surface area contributed by atoms with Crippen molar-refractivity contribution in [3.8, 4) is 0 Å². The Bertz CT molecular complexity index is 681. The minimum Gasteiger partial charge on any atom is -0.294 e. The van der Waals surface area contributed by atoms with Gasteiger partial charge in [0, 0.05) is 25.7 Å². The molecule has 0 aromatic heterocycles. The molecule has 0 unspecified atom stereocenters. The van der Waals surface area contributed by atoms with E-state index in [4.69, 9.17) is 0 Å². The zero-order chi connectivity index (χ0) is 18.8. The molecule has 2 rings (SSSR count). The Hall–Kier alpha value is -3.23. The molecule has 0 N–H and O–H groups in total. The topological polar surface area (TPSA) is 180 Å². The molecule has 0 saturated carbocycles. The van der Waals surface area contributed by atoms with Gasteiger partial charge in [-0.25, -0.2) is 0 Å². The summed E-state index contributed by atoms with van der Waals surface area (Å²) < 4.78 is 29.9. The second-order valence-corrected chi connectivity index (χ2v) is 5.57. The molecule has 0 atom stereocenters. The van der Waals surface area contributed by atoms with Crippen molar-refractivity contribution >= 4 is 46.3 Å². The highest BCUT2D eigenvalue weighted by atomic mass is 32.3. The second kappa shape index (κ2) is 6.71. The van der Waals surface area contributed by atoms with Gasteiger partial charge in [0.05, 0.1) is 0 Å². The summed E-state index contributed by atoms with van der Waals surface area (Å²) in [6.07, 6.45) is -5.13. The molecule has 4 amide bonds. The number of amides is 4. The largest absolute Gasteiger partial charge is 0.552 e. The number of rotatable bonds is 4. The lowest BCUT2D eigenvalue weighted by Crippen LogP contribution is -2.35. The van der Waals surface area contributed by atoms with Crippen molar-refractivity contribution in [3.05, 3.63) is 0 Å². The number of imide groups is 2. The molecule has 136 valence electrons. The lowest BCUT2D eigenvalue weighted by atomic mass is 10.4. The van der Waals surface area contributed by atoms with E-state index in [0.29, 0.717) is 0 Å². The minimum atomic E-state index is -5.38. The lowest BCUT2D eigenvalue weighted by Gasteiger charge is -2.13. The number of hydroxylamine groups is 4. The van der Waals surface area contributed by atoms with Crippen LogP contribution in [-0.4, -0.2) is 54.5 Å². The minimum absolute atomic E-state index is 0.0161. The molecular formula is C10H8N2O12S. The molecule has 0 aromatic rings. The molecule has 15 heteroatoms. The summed E-state index contributed by atoms with van der Waals surface area (Å²) in [5.74, 6) is -3.65. The van der Waals surface area contributed by atoms with Crippen LogP contribution in [0.1, 0.15) is 25.7 Å². The van der Waals surface area contributed by atoms with E-state index in [2.05, 4.69) is 18.0 Å².